The van der Waals surface area contributed by atoms with Gasteiger partial charge in [-0.3, -0.25) is 15.0 Å². The van der Waals surface area contributed by atoms with Crippen LogP contribution in [0.15, 0.2) is 12.1 Å². The molecule has 36 heavy (non-hydrogen) atoms. The lowest BCUT2D eigenvalue weighted by Crippen LogP contribution is -2.31. The number of ketones is 1. The Morgan fingerprint density at radius 2 is 1.89 bits per heavy atom. The van der Waals surface area contributed by atoms with Crippen LogP contribution in [0.2, 0.25) is 0 Å². The van der Waals surface area contributed by atoms with Crippen LogP contribution in [0.3, 0.4) is 0 Å². The van der Waals surface area contributed by atoms with Gasteiger partial charge in [-0.1, -0.05) is 20.8 Å². The summed E-state index contributed by atoms with van der Waals surface area (Å²) in [6.07, 6.45) is 0. The predicted octanol–water partition coefficient (Wildman–Crippen LogP) is 4.52. The van der Waals surface area contributed by atoms with Gasteiger partial charge in [0.15, 0.2) is 5.78 Å². The fourth-order valence-corrected chi connectivity index (χ4v) is 4.35. The van der Waals surface area contributed by atoms with Gasteiger partial charge in [0.05, 0.1) is 18.8 Å². The molecule has 1 aromatic heterocycles. The molecule has 1 amide bonds. The zero-order valence-electron chi connectivity index (χ0n) is 22.4. The fraction of sp³-hybridized carbons (Fsp3) is 0.481. The molecule has 0 radical (unpaired) electrons. The normalized spacial score (nSPS) is 12.8. The van der Waals surface area contributed by atoms with Gasteiger partial charge in [-0.05, 0) is 38.3 Å². The number of pyridine rings is 1. The van der Waals surface area contributed by atoms with Gasteiger partial charge in [0, 0.05) is 54.9 Å². The minimum absolute atomic E-state index is 0. The summed E-state index contributed by atoms with van der Waals surface area (Å²) in [6.45, 7) is 14.2. The van der Waals surface area contributed by atoms with Crippen LogP contribution in [-0.2, 0) is 23.3 Å². The van der Waals surface area contributed by atoms with Crippen LogP contribution in [0.5, 0.6) is 11.5 Å². The van der Waals surface area contributed by atoms with Crippen molar-refractivity contribution in [2.45, 2.75) is 67.0 Å². The molecule has 9 heteroatoms. The van der Waals surface area contributed by atoms with Crippen molar-refractivity contribution in [2.24, 2.45) is 0 Å². The lowest BCUT2D eigenvalue weighted by molar-refractivity contribution is -0.128. The molecule has 0 aliphatic carbocycles. The average molecular weight is 517 g/mol. The number of phenolic OH excluding ortho intramolecular Hbond substituents is 1. The van der Waals surface area contributed by atoms with Crippen LogP contribution in [-0.4, -0.2) is 57.6 Å². The van der Waals surface area contributed by atoms with Crippen molar-refractivity contribution in [3.63, 3.8) is 0 Å². The summed E-state index contributed by atoms with van der Waals surface area (Å²) >= 11 is 0. The van der Waals surface area contributed by atoms with E-state index in [4.69, 9.17) is 10.1 Å². The van der Waals surface area contributed by atoms with Crippen molar-refractivity contribution in [3.8, 4) is 11.5 Å². The van der Waals surface area contributed by atoms with Gasteiger partial charge in [0.25, 0.3) is 0 Å². The van der Waals surface area contributed by atoms with Gasteiger partial charge >= 0.3 is 0 Å². The van der Waals surface area contributed by atoms with Crippen molar-refractivity contribution >= 4 is 29.9 Å². The van der Waals surface area contributed by atoms with Gasteiger partial charge in [-0.25, -0.2) is 4.98 Å². The topological polar surface area (TPSA) is 107 Å². The molecule has 196 valence electrons. The van der Waals surface area contributed by atoms with E-state index in [1.165, 1.54) is 11.8 Å². The Balaban J connectivity index is 0.00000456. The number of Topliss-reactive ketones (excluding diaryl/α,β-unsaturated/α-hetero) is 1. The summed E-state index contributed by atoms with van der Waals surface area (Å²) in [6, 6.07) is 3.38. The number of phenols is 1. The molecule has 1 aliphatic rings. The predicted molar refractivity (Wildman–Crippen MR) is 143 cm³/mol. The number of aryl methyl sites for hydroxylation is 1. The molecule has 1 aromatic carbocycles. The highest BCUT2D eigenvalue weighted by Gasteiger charge is 2.32. The van der Waals surface area contributed by atoms with Crippen molar-refractivity contribution in [1.29, 1.82) is 5.41 Å². The molecule has 0 bridgehead atoms. The Morgan fingerprint density at radius 3 is 2.44 bits per heavy atom. The van der Waals surface area contributed by atoms with Crippen molar-refractivity contribution in [2.75, 3.05) is 20.2 Å². The third-order valence-corrected chi connectivity index (χ3v) is 6.46. The molecule has 8 nitrogen and oxygen atoms in total. The summed E-state index contributed by atoms with van der Waals surface area (Å²) in [4.78, 5) is 33.0. The number of aromatic hydroxyl groups is 1. The molecule has 1 aliphatic heterocycles. The second-order valence-electron chi connectivity index (χ2n) is 10.2. The highest BCUT2D eigenvalue weighted by molar-refractivity contribution is 6.04. The molecule has 0 saturated heterocycles. The second kappa shape index (κ2) is 10.9. The van der Waals surface area contributed by atoms with Crippen LogP contribution in [0.25, 0.3) is 0 Å². The van der Waals surface area contributed by atoms with Crippen molar-refractivity contribution in [3.05, 3.63) is 51.3 Å². The molecule has 0 atom stereocenters. The molecule has 0 spiro atoms. The third-order valence-electron chi connectivity index (χ3n) is 6.46. The molecular formula is C27H37ClN4O4. The molecule has 0 fully saturated rings. The number of ether oxygens (including phenoxy) is 1. The maximum absolute atomic E-state index is 13.4. The van der Waals surface area contributed by atoms with Gasteiger partial charge < -0.3 is 19.6 Å². The summed E-state index contributed by atoms with van der Waals surface area (Å²) in [5.74, 6) is 0.751. The van der Waals surface area contributed by atoms with E-state index in [2.05, 4.69) is 4.98 Å². The SMILES string of the molecule is CCOc1c(C)nc2c(c1C)CN(CC(=O)c1cc(CN(C)C(C)=O)c(O)c(C(C)(C)C)c1)C2=N.Cl. The molecule has 2 heterocycles. The number of rotatable bonds is 7. The van der Waals surface area contributed by atoms with Gasteiger partial charge in [0.1, 0.15) is 23.0 Å². The lowest BCUT2D eigenvalue weighted by atomic mass is 9.83. The summed E-state index contributed by atoms with van der Waals surface area (Å²) in [5.41, 5.74) is 4.37. The number of nitrogens with one attached hydrogen (secondary N) is 1. The second-order valence-corrected chi connectivity index (χ2v) is 10.2. The minimum atomic E-state index is -0.408. The van der Waals surface area contributed by atoms with E-state index in [0.717, 1.165) is 22.6 Å². The van der Waals surface area contributed by atoms with E-state index in [1.807, 2.05) is 41.5 Å². The largest absolute Gasteiger partial charge is 0.507 e. The van der Waals surface area contributed by atoms with Crippen LogP contribution >= 0.6 is 12.4 Å². The molecule has 0 saturated carbocycles. The lowest BCUT2D eigenvalue weighted by Gasteiger charge is -2.25. The number of nitrogens with zero attached hydrogens (tertiary/aromatic N) is 3. The van der Waals surface area contributed by atoms with E-state index < -0.39 is 5.41 Å². The van der Waals surface area contributed by atoms with E-state index in [0.29, 0.717) is 35.5 Å². The number of hydrogen-bond acceptors (Lipinski definition) is 6. The standard InChI is InChI=1S/C27H36N4O4.ClH/c1-9-35-25-15(2)20-13-31(26(28)23(20)29-16(25)3)14-22(33)18-10-19(12-30(8)17(4)32)24(34)21(11-18)27(5,6)7;/h10-11,28,34H,9,12-14H2,1-8H3;1H. The van der Waals surface area contributed by atoms with Crippen LogP contribution in [0.4, 0.5) is 0 Å². The zero-order valence-corrected chi connectivity index (χ0v) is 23.2. The Hall–Kier alpha value is -3.13. The average Bonchev–Trinajstić information content (AvgIpc) is 3.07. The smallest absolute Gasteiger partial charge is 0.219 e. The van der Waals surface area contributed by atoms with Crippen LogP contribution in [0.1, 0.15) is 78.6 Å². The van der Waals surface area contributed by atoms with Crippen LogP contribution in [0, 0.1) is 19.3 Å². The highest BCUT2D eigenvalue weighted by atomic mass is 35.5. The Labute approximate surface area is 219 Å². The summed E-state index contributed by atoms with van der Waals surface area (Å²) in [7, 11) is 1.66. The first kappa shape index (κ1) is 29.1. The number of aromatic nitrogens is 1. The zero-order chi connectivity index (χ0) is 26.2. The fourth-order valence-electron chi connectivity index (χ4n) is 4.35. The Bertz CT molecular complexity index is 1200. The monoisotopic (exact) mass is 516 g/mol. The van der Waals surface area contributed by atoms with Gasteiger partial charge in [-0.2, -0.15) is 0 Å². The number of hydrogen-bond donors (Lipinski definition) is 2. The number of halogens is 1. The maximum Gasteiger partial charge on any atom is 0.219 e. The van der Waals surface area contributed by atoms with E-state index in [9.17, 15) is 14.7 Å². The number of amidine groups is 1. The maximum atomic E-state index is 13.4. The first-order chi connectivity index (χ1) is 16.3. The Morgan fingerprint density at radius 1 is 1.25 bits per heavy atom. The number of carbonyl (C=O) groups excluding carboxylic acids is 2. The first-order valence-corrected chi connectivity index (χ1v) is 11.8. The number of amides is 1. The minimum Gasteiger partial charge on any atom is -0.507 e. The van der Waals surface area contributed by atoms with Crippen LogP contribution < -0.4 is 4.74 Å². The molecule has 3 rings (SSSR count). The molecule has 2 aromatic rings. The summed E-state index contributed by atoms with van der Waals surface area (Å²) in [5, 5.41) is 19.6. The van der Waals surface area contributed by atoms with E-state index in [-0.39, 0.29) is 48.8 Å². The van der Waals surface area contributed by atoms with E-state index in [1.54, 1.807) is 24.1 Å². The number of carbonyl (C=O) groups is 2. The quantitative estimate of drug-likeness (QED) is 0.524. The van der Waals surface area contributed by atoms with Crippen molar-refractivity contribution in [1.82, 2.24) is 14.8 Å². The van der Waals surface area contributed by atoms with Gasteiger partial charge in [-0.15, -0.1) is 12.4 Å². The molecule has 2 N–H and O–H groups in total. The number of fused-ring (bicyclic) bond motifs is 1. The number of benzene rings is 1. The Kier molecular flexibility index (Phi) is 8.78. The van der Waals surface area contributed by atoms with E-state index >= 15 is 0 Å². The summed E-state index contributed by atoms with van der Waals surface area (Å²) < 4.78 is 5.76. The van der Waals surface area contributed by atoms with Crippen molar-refractivity contribution < 1.29 is 19.4 Å². The molecule has 0 unspecified atom stereocenters. The molecular weight excluding hydrogens is 480 g/mol. The third kappa shape index (κ3) is 5.64. The van der Waals surface area contributed by atoms with Gasteiger partial charge in [0.2, 0.25) is 5.91 Å². The highest BCUT2D eigenvalue weighted by Crippen LogP contribution is 2.36. The first-order valence-electron chi connectivity index (χ1n) is 11.8.